The highest BCUT2D eigenvalue weighted by Crippen LogP contribution is 2.29. The molecule has 0 fully saturated rings. The van der Waals surface area contributed by atoms with Crippen LogP contribution in [0, 0.1) is 0 Å². The van der Waals surface area contributed by atoms with Crippen LogP contribution < -0.4 is 0 Å². The molecule has 134 valence electrons. The molecule has 0 aromatic rings. The van der Waals surface area contributed by atoms with Gasteiger partial charge in [0.1, 0.15) is 0 Å². The van der Waals surface area contributed by atoms with Crippen LogP contribution in [0.5, 0.6) is 0 Å². The molecule has 0 aromatic carbocycles. The van der Waals surface area contributed by atoms with E-state index in [0.29, 0.717) is 0 Å². The molecule has 9 heteroatoms. The van der Waals surface area contributed by atoms with Gasteiger partial charge in [0.05, 0.1) is 0 Å². The Labute approximate surface area is 143 Å². The van der Waals surface area contributed by atoms with E-state index in [1.54, 1.807) is 0 Å². The second-order valence-electron chi connectivity index (χ2n) is 9.18. The van der Waals surface area contributed by atoms with Crippen molar-refractivity contribution in [1.82, 2.24) is 0 Å². The Morgan fingerprint density at radius 1 is 0.500 bits per heavy atom. The first-order valence-electron chi connectivity index (χ1n) is 8.19. The zero-order chi connectivity index (χ0) is 18.0. The normalized spacial score (nSPS) is 15.3. The summed E-state index contributed by atoms with van der Waals surface area (Å²) in [4.78, 5) is 0. The van der Waals surface area contributed by atoms with Gasteiger partial charge in [0, 0.05) is 6.04 Å². The third-order valence-electron chi connectivity index (χ3n) is 2.31. The maximum atomic E-state index is 6.62. The molecule has 0 aliphatic heterocycles. The van der Waals surface area contributed by atoms with Crippen molar-refractivity contribution in [3.05, 3.63) is 0 Å². The summed E-state index contributed by atoms with van der Waals surface area (Å²) in [6, 6.07) is 0.813. The van der Waals surface area contributed by atoms with Crippen molar-refractivity contribution in [2.45, 2.75) is 85.0 Å². The van der Waals surface area contributed by atoms with Crippen LogP contribution in [0.1, 0.15) is 6.92 Å². The summed E-state index contributed by atoms with van der Waals surface area (Å²) >= 11 is 0. The van der Waals surface area contributed by atoms with Crippen LogP contribution in [0.15, 0.2) is 0 Å². The standard InChI is InChI=1S/C13H38O4Si5/c1-13-22(15-19(5,6)7,16-20(8,9)10)17-21(11,12)14-18(2,3)4/h13H2,1-12H3. The minimum absolute atomic E-state index is 0.813. The van der Waals surface area contributed by atoms with Crippen LogP contribution >= 0.6 is 0 Å². The molecule has 0 saturated carbocycles. The Kier molecular flexibility index (Phi) is 7.75. The average Bonchev–Trinajstić information content (AvgIpc) is 2.05. The van der Waals surface area contributed by atoms with Crippen molar-refractivity contribution in [3.8, 4) is 0 Å². The molecule has 0 spiro atoms. The van der Waals surface area contributed by atoms with E-state index in [2.05, 4.69) is 78.9 Å². The summed E-state index contributed by atoms with van der Waals surface area (Å²) in [5, 5.41) is 0. The zero-order valence-corrected chi connectivity index (χ0v) is 21.8. The molecule has 4 nitrogen and oxygen atoms in total. The van der Waals surface area contributed by atoms with E-state index in [9.17, 15) is 0 Å². The number of hydrogen-bond acceptors (Lipinski definition) is 4. The minimum Gasteiger partial charge on any atom is -0.437 e. The van der Waals surface area contributed by atoms with E-state index in [4.69, 9.17) is 16.5 Å². The van der Waals surface area contributed by atoms with E-state index >= 15 is 0 Å². The highest BCUT2D eigenvalue weighted by molar-refractivity contribution is 6.91. The summed E-state index contributed by atoms with van der Waals surface area (Å²) in [5.74, 6) is 0. The van der Waals surface area contributed by atoms with Crippen LogP contribution in [-0.4, -0.2) is 42.3 Å². The average molecular weight is 399 g/mol. The van der Waals surface area contributed by atoms with Crippen LogP contribution in [-0.2, 0) is 16.5 Å². The Balaban J connectivity index is 5.47. The van der Waals surface area contributed by atoms with Gasteiger partial charge < -0.3 is 16.5 Å². The topological polar surface area (TPSA) is 36.9 Å². The first-order valence-corrected chi connectivity index (χ1v) is 23.2. The van der Waals surface area contributed by atoms with Gasteiger partial charge in [-0.25, -0.2) is 0 Å². The van der Waals surface area contributed by atoms with E-state index < -0.39 is 42.3 Å². The van der Waals surface area contributed by atoms with Gasteiger partial charge in [0.2, 0.25) is 0 Å². The summed E-state index contributed by atoms with van der Waals surface area (Å²) in [5.41, 5.74) is 0. The van der Waals surface area contributed by atoms with Gasteiger partial charge in [-0.2, -0.15) is 0 Å². The predicted octanol–water partition coefficient (Wildman–Crippen LogP) is 5.22. The molecule has 0 rings (SSSR count). The third-order valence-corrected chi connectivity index (χ3v) is 18.2. The lowest BCUT2D eigenvalue weighted by Gasteiger charge is -2.44. The van der Waals surface area contributed by atoms with Crippen molar-refractivity contribution < 1.29 is 16.5 Å². The molecule has 22 heavy (non-hydrogen) atoms. The summed E-state index contributed by atoms with van der Waals surface area (Å²) < 4.78 is 26.1. The van der Waals surface area contributed by atoms with E-state index in [0.717, 1.165) is 6.04 Å². The molecule has 0 aliphatic rings. The lowest BCUT2D eigenvalue weighted by molar-refractivity contribution is 0.228. The maximum Gasteiger partial charge on any atom is 0.470 e. The molecule has 0 bridgehead atoms. The summed E-state index contributed by atoms with van der Waals surface area (Å²) in [6.07, 6.45) is 0. The zero-order valence-electron chi connectivity index (χ0n) is 16.8. The van der Waals surface area contributed by atoms with Crippen molar-refractivity contribution in [1.29, 1.82) is 0 Å². The van der Waals surface area contributed by atoms with E-state index in [1.807, 2.05) is 0 Å². The Morgan fingerprint density at radius 2 is 0.818 bits per heavy atom. The quantitative estimate of drug-likeness (QED) is 0.499. The molecule has 0 aromatic heterocycles. The fourth-order valence-corrected chi connectivity index (χ4v) is 22.6. The van der Waals surface area contributed by atoms with Gasteiger partial charge >= 0.3 is 17.4 Å². The molecule has 0 N–H and O–H groups in total. The Morgan fingerprint density at radius 3 is 1.05 bits per heavy atom. The summed E-state index contributed by atoms with van der Waals surface area (Å²) in [7, 11) is -10.1. The molecule has 0 unspecified atom stereocenters. The maximum absolute atomic E-state index is 6.62. The van der Waals surface area contributed by atoms with Crippen molar-refractivity contribution >= 4 is 42.3 Å². The molecule has 0 amide bonds. The lowest BCUT2D eigenvalue weighted by Crippen LogP contribution is -2.62. The summed E-state index contributed by atoms with van der Waals surface area (Å²) in [6.45, 7) is 26.2. The van der Waals surface area contributed by atoms with E-state index in [-0.39, 0.29) is 0 Å². The first kappa shape index (κ1) is 22.9. The molecular formula is C13H38O4Si5. The van der Waals surface area contributed by atoms with Gasteiger partial charge in [-0.1, -0.05) is 6.92 Å². The fourth-order valence-electron chi connectivity index (χ4n) is 2.34. The Bertz CT molecular complexity index is 339. The van der Waals surface area contributed by atoms with Gasteiger partial charge in [-0.3, -0.25) is 0 Å². The minimum atomic E-state index is -2.69. The largest absolute Gasteiger partial charge is 0.470 e. The SMILES string of the molecule is CC[Si](O[Si](C)(C)C)(O[Si](C)(C)C)O[Si](C)(C)O[Si](C)(C)C. The second kappa shape index (κ2) is 7.44. The highest BCUT2D eigenvalue weighted by atomic mass is 28.5. The fraction of sp³-hybridized carbons (Fsp3) is 1.00. The third kappa shape index (κ3) is 10.7. The van der Waals surface area contributed by atoms with Crippen molar-refractivity contribution in [2.24, 2.45) is 0 Å². The molecule has 0 saturated heterocycles. The second-order valence-corrected chi connectivity index (χ2v) is 30.0. The van der Waals surface area contributed by atoms with Crippen molar-refractivity contribution in [3.63, 3.8) is 0 Å². The molecule has 0 radical (unpaired) electrons. The lowest BCUT2D eigenvalue weighted by atomic mass is 11.0. The Hall–Kier alpha value is 0.924. The molecule has 0 heterocycles. The molecule has 0 atom stereocenters. The van der Waals surface area contributed by atoms with Crippen LogP contribution in [0.4, 0.5) is 0 Å². The molecule has 0 aliphatic carbocycles. The highest BCUT2D eigenvalue weighted by Gasteiger charge is 2.51. The smallest absolute Gasteiger partial charge is 0.437 e. The number of hydrogen-bond donors (Lipinski definition) is 0. The van der Waals surface area contributed by atoms with Crippen LogP contribution in [0.3, 0.4) is 0 Å². The van der Waals surface area contributed by atoms with Gasteiger partial charge in [0.15, 0.2) is 25.0 Å². The van der Waals surface area contributed by atoms with Gasteiger partial charge in [-0.05, 0) is 72.0 Å². The predicted molar refractivity (Wildman–Crippen MR) is 108 cm³/mol. The number of rotatable bonds is 9. The first-order chi connectivity index (χ1) is 9.39. The van der Waals surface area contributed by atoms with Gasteiger partial charge in [0.25, 0.3) is 0 Å². The van der Waals surface area contributed by atoms with Crippen LogP contribution in [0.25, 0.3) is 0 Å². The van der Waals surface area contributed by atoms with Gasteiger partial charge in [-0.15, -0.1) is 0 Å². The van der Waals surface area contributed by atoms with Crippen molar-refractivity contribution in [2.75, 3.05) is 0 Å². The monoisotopic (exact) mass is 398 g/mol. The molecular weight excluding hydrogens is 361 g/mol. The van der Waals surface area contributed by atoms with E-state index in [1.165, 1.54) is 0 Å². The van der Waals surface area contributed by atoms with Crippen LogP contribution in [0.2, 0.25) is 78.1 Å².